The second-order valence-corrected chi connectivity index (χ2v) is 7.89. The number of hydrogen-bond acceptors (Lipinski definition) is 5. The van der Waals surface area contributed by atoms with E-state index in [0.717, 1.165) is 12.8 Å². The molecule has 0 radical (unpaired) electrons. The monoisotopic (exact) mass is 355 g/mol. The maximum atomic E-state index is 12.2. The Bertz CT molecular complexity index is 658. The molecule has 8 heteroatoms. The second-order valence-electron chi connectivity index (χ2n) is 6.17. The number of ether oxygens (including phenoxy) is 1. The Balaban J connectivity index is 1.96. The van der Waals surface area contributed by atoms with E-state index in [9.17, 15) is 13.2 Å². The first-order chi connectivity index (χ1) is 11.3. The Morgan fingerprint density at radius 3 is 2.62 bits per heavy atom. The molecule has 0 saturated carbocycles. The lowest BCUT2D eigenvalue weighted by Crippen LogP contribution is -2.43. The maximum Gasteiger partial charge on any atom is 0.241 e. The number of nitrogens with zero attached hydrogens (tertiary/aromatic N) is 1. The number of anilines is 1. The highest BCUT2D eigenvalue weighted by atomic mass is 32.2. The molecule has 1 heterocycles. The highest BCUT2D eigenvalue weighted by molar-refractivity contribution is 7.93. The Labute approximate surface area is 143 Å². The van der Waals surface area contributed by atoms with E-state index in [1.807, 2.05) is 13.8 Å². The van der Waals surface area contributed by atoms with Crippen molar-refractivity contribution in [3.63, 3.8) is 0 Å². The van der Waals surface area contributed by atoms with Crippen LogP contribution >= 0.6 is 0 Å². The van der Waals surface area contributed by atoms with Gasteiger partial charge in [0.25, 0.3) is 0 Å². The van der Waals surface area contributed by atoms with Crippen LogP contribution in [-0.4, -0.2) is 50.2 Å². The average Bonchev–Trinajstić information content (AvgIpc) is 2.96. The normalized spacial score (nSPS) is 18.0. The summed E-state index contributed by atoms with van der Waals surface area (Å²) < 4.78 is 32.3. The summed E-state index contributed by atoms with van der Waals surface area (Å²) in [6.07, 6.45) is 1.73. The first kappa shape index (κ1) is 18.5. The Hall–Kier alpha value is -1.80. The smallest absolute Gasteiger partial charge is 0.241 e. The third kappa shape index (κ3) is 5.10. The number of carbonyl (C=O) groups is 1. The Morgan fingerprint density at radius 2 is 2.04 bits per heavy atom. The van der Waals surface area contributed by atoms with Crippen LogP contribution in [0.4, 0.5) is 5.69 Å². The molecule has 7 nitrogen and oxygen atoms in total. The molecule has 1 fully saturated rings. The van der Waals surface area contributed by atoms with Crippen LogP contribution in [0.2, 0.25) is 0 Å². The molecule has 3 N–H and O–H groups in total. The quantitative estimate of drug-likeness (QED) is 0.764. The van der Waals surface area contributed by atoms with Gasteiger partial charge in [-0.3, -0.25) is 9.52 Å². The number of nitrogens with two attached hydrogens (primary N) is 1. The van der Waals surface area contributed by atoms with Gasteiger partial charge < -0.3 is 15.4 Å². The molecule has 0 aromatic heterocycles. The molecule has 0 bridgehead atoms. The summed E-state index contributed by atoms with van der Waals surface area (Å²) in [4.78, 5) is 13.8. The van der Waals surface area contributed by atoms with Crippen molar-refractivity contribution in [1.82, 2.24) is 4.90 Å². The number of nitrogens with one attached hydrogen (secondary N) is 1. The number of sulfonamides is 1. The van der Waals surface area contributed by atoms with Crippen molar-refractivity contribution < 1.29 is 17.9 Å². The molecule has 1 aromatic rings. The molecule has 0 aliphatic carbocycles. The van der Waals surface area contributed by atoms with Gasteiger partial charge in [0.15, 0.2) is 0 Å². The van der Waals surface area contributed by atoms with E-state index in [1.165, 1.54) is 0 Å². The summed E-state index contributed by atoms with van der Waals surface area (Å²) in [5.41, 5.74) is 6.03. The fraction of sp³-hybridized carbons (Fsp3) is 0.562. The first-order valence-electron chi connectivity index (χ1n) is 8.07. The standard InChI is InChI=1S/C16H25N3O4S/c1-12(2)23-15-7-5-13(6-8-15)18-24(21,22)11-16(20)19-9-3-4-14(19)10-17/h5-8,12,14,18H,3-4,9-11,17H2,1-2H3. The molecule has 134 valence electrons. The lowest BCUT2D eigenvalue weighted by atomic mass is 10.2. The van der Waals surface area contributed by atoms with Crippen LogP contribution in [0.5, 0.6) is 5.75 Å². The van der Waals surface area contributed by atoms with Gasteiger partial charge >= 0.3 is 0 Å². The van der Waals surface area contributed by atoms with Crippen LogP contribution in [0.1, 0.15) is 26.7 Å². The van der Waals surface area contributed by atoms with E-state index < -0.39 is 21.7 Å². The number of likely N-dealkylation sites (tertiary alicyclic amines) is 1. The first-order valence-corrected chi connectivity index (χ1v) is 9.72. The van der Waals surface area contributed by atoms with Gasteiger partial charge in [-0.2, -0.15) is 0 Å². The van der Waals surface area contributed by atoms with E-state index in [0.29, 0.717) is 24.5 Å². The molecule has 1 aliphatic rings. The summed E-state index contributed by atoms with van der Waals surface area (Å²) in [5.74, 6) is -0.324. The van der Waals surface area contributed by atoms with Crippen molar-refractivity contribution in [2.45, 2.75) is 38.8 Å². The maximum absolute atomic E-state index is 12.2. The SMILES string of the molecule is CC(C)Oc1ccc(NS(=O)(=O)CC(=O)N2CCCC2CN)cc1. The van der Waals surface area contributed by atoms with Gasteiger partial charge in [0.1, 0.15) is 11.5 Å². The summed E-state index contributed by atoms with van der Waals surface area (Å²) in [6.45, 7) is 4.75. The molecule has 1 amide bonds. The predicted molar refractivity (Wildman–Crippen MR) is 93.4 cm³/mol. The molecule has 1 unspecified atom stereocenters. The molecule has 24 heavy (non-hydrogen) atoms. The summed E-state index contributed by atoms with van der Waals surface area (Å²) in [7, 11) is -3.76. The van der Waals surface area contributed by atoms with Gasteiger partial charge in [-0.05, 0) is 51.0 Å². The zero-order valence-electron chi connectivity index (χ0n) is 14.1. The van der Waals surface area contributed by atoms with Crippen molar-refractivity contribution >= 4 is 21.6 Å². The Kier molecular flexibility index (Phi) is 6.06. The largest absolute Gasteiger partial charge is 0.491 e. The van der Waals surface area contributed by atoms with E-state index in [4.69, 9.17) is 10.5 Å². The highest BCUT2D eigenvalue weighted by Gasteiger charge is 2.30. The van der Waals surface area contributed by atoms with E-state index in [2.05, 4.69) is 4.72 Å². The minimum absolute atomic E-state index is 0.0427. The number of benzene rings is 1. The lowest BCUT2D eigenvalue weighted by Gasteiger charge is -2.23. The van der Waals surface area contributed by atoms with E-state index in [-0.39, 0.29) is 12.1 Å². The van der Waals surface area contributed by atoms with Crippen molar-refractivity contribution in [2.24, 2.45) is 5.73 Å². The van der Waals surface area contributed by atoms with Gasteiger partial charge in [0.05, 0.1) is 6.10 Å². The number of carbonyl (C=O) groups excluding carboxylic acids is 1. The molecule has 1 atom stereocenters. The lowest BCUT2D eigenvalue weighted by molar-refractivity contribution is -0.129. The highest BCUT2D eigenvalue weighted by Crippen LogP contribution is 2.19. The molecule has 1 aliphatic heterocycles. The van der Waals surface area contributed by atoms with Gasteiger partial charge in [0, 0.05) is 24.8 Å². The van der Waals surface area contributed by atoms with Crippen molar-refractivity contribution in [1.29, 1.82) is 0 Å². The van der Waals surface area contributed by atoms with Crippen LogP contribution < -0.4 is 15.2 Å². The van der Waals surface area contributed by atoms with Crippen LogP contribution in [-0.2, 0) is 14.8 Å². The molecule has 1 aromatic carbocycles. The second kappa shape index (κ2) is 7.85. The fourth-order valence-corrected chi connectivity index (χ4v) is 3.80. The topological polar surface area (TPSA) is 102 Å². The van der Waals surface area contributed by atoms with Gasteiger partial charge in [-0.1, -0.05) is 0 Å². The van der Waals surface area contributed by atoms with Gasteiger partial charge in [-0.25, -0.2) is 8.42 Å². The minimum atomic E-state index is -3.76. The minimum Gasteiger partial charge on any atom is -0.491 e. The van der Waals surface area contributed by atoms with Gasteiger partial charge in [0.2, 0.25) is 15.9 Å². The fourth-order valence-electron chi connectivity index (χ4n) is 2.74. The average molecular weight is 355 g/mol. The van der Waals surface area contributed by atoms with Crippen molar-refractivity contribution in [2.75, 3.05) is 23.6 Å². The number of amides is 1. The van der Waals surface area contributed by atoms with Crippen LogP contribution in [0.15, 0.2) is 24.3 Å². The third-order valence-corrected chi connectivity index (χ3v) is 4.96. The molecular formula is C16H25N3O4S. The van der Waals surface area contributed by atoms with Crippen molar-refractivity contribution in [3.8, 4) is 5.75 Å². The summed E-state index contributed by atoms with van der Waals surface area (Å²) in [6, 6.07) is 6.53. The van der Waals surface area contributed by atoms with E-state index in [1.54, 1.807) is 29.2 Å². The van der Waals surface area contributed by atoms with E-state index >= 15 is 0 Å². The molecule has 2 rings (SSSR count). The molecule has 0 spiro atoms. The zero-order chi connectivity index (χ0) is 17.7. The van der Waals surface area contributed by atoms with Crippen molar-refractivity contribution in [3.05, 3.63) is 24.3 Å². The molecular weight excluding hydrogens is 330 g/mol. The Morgan fingerprint density at radius 1 is 1.38 bits per heavy atom. The zero-order valence-corrected chi connectivity index (χ0v) is 14.9. The van der Waals surface area contributed by atoms with Crippen LogP contribution in [0.3, 0.4) is 0 Å². The number of rotatable bonds is 7. The third-order valence-electron chi connectivity index (χ3n) is 3.78. The van der Waals surface area contributed by atoms with Crippen LogP contribution in [0.25, 0.3) is 0 Å². The van der Waals surface area contributed by atoms with Gasteiger partial charge in [-0.15, -0.1) is 0 Å². The summed E-state index contributed by atoms with van der Waals surface area (Å²) in [5, 5.41) is 0. The predicted octanol–water partition coefficient (Wildman–Crippen LogP) is 1.17. The molecule has 1 saturated heterocycles. The number of hydrogen-bond donors (Lipinski definition) is 2. The summed E-state index contributed by atoms with van der Waals surface area (Å²) >= 11 is 0. The van der Waals surface area contributed by atoms with Crippen LogP contribution in [0, 0.1) is 0 Å².